The summed E-state index contributed by atoms with van der Waals surface area (Å²) in [5.74, 6) is 0. The molecule has 0 spiro atoms. The Labute approximate surface area is 715 Å². The molecule has 40 N–H and O–H groups in total. The van der Waals surface area contributed by atoms with Crippen molar-refractivity contribution in [1.29, 1.82) is 0 Å². The highest BCUT2D eigenvalue weighted by Crippen LogP contribution is 2.22. The third kappa shape index (κ3) is 95.2. The Balaban J connectivity index is -0.000000457. The van der Waals surface area contributed by atoms with Gasteiger partial charge in [0.25, 0.3) is 0 Å². The summed E-state index contributed by atoms with van der Waals surface area (Å²) in [5, 5.41) is 0. The molecule has 0 amide bonds. The molecule has 43 nitrogen and oxygen atoms in total. The second-order valence-electron chi connectivity index (χ2n) is 29.4. The van der Waals surface area contributed by atoms with E-state index in [9.17, 15) is 0 Å². The van der Waals surface area contributed by atoms with Gasteiger partial charge in [-0.1, -0.05) is 0 Å². The van der Waals surface area contributed by atoms with E-state index in [1.165, 1.54) is 0 Å². The van der Waals surface area contributed by atoms with Crippen LogP contribution in [0.5, 0.6) is 0 Å². The Morgan fingerprint density at radius 2 is 0.277 bits per heavy atom. The first kappa shape index (κ1) is 126. The predicted molar refractivity (Wildman–Crippen MR) is 465 cm³/mol. The van der Waals surface area contributed by atoms with Crippen LogP contribution in [0.4, 0.5) is 0 Å². The molecule has 0 heterocycles. The standard InChI is InChI=1S/2C18H42N4O5.C14H34N4O5.2C13H32N4O4/c2*1-13(19)5-23-9-17(26-7-15(3)21)11-25-12-18(27-8-16(4)22)10-24-6-14(2)20;15-1-5-19-9-13(22-7-3-17)11-21-12-14(23-8-4-18)10-20-6-2-16;2*14-1-5-18-9-13(10-19-6-2-15,11-20-7-3-16)12-21-8-4-17/h2*13-18H,5-12,19-22H2,1-4H3;13-14H,1-12,15-18H2;2*1-12,14-17H2. The van der Waals surface area contributed by atoms with Crippen molar-refractivity contribution in [3.8, 4) is 0 Å². The zero-order valence-corrected chi connectivity index (χ0v) is 74.8. The van der Waals surface area contributed by atoms with Gasteiger partial charge in [0.15, 0.2) is 0 Å². The average Bonchev–Trinajstić information content (AvgIpc) is 0.873. The Kier molecular flexibility index (Phi) is 101. The Morgan fingerprint density at radius 3 is 0.420 bits per heavy atom. The molecule has 0 radical (unpaired) electrons. The first-order valence-electron chi connectivity index (χ1n) is 42.1. The van der Waals surface area contributed by atoms with Gasteiger partial charge < -0.3 is 224 Å². The molecule has 0 saturated carbocycles. The maximum absolute atomic E-state index is 5.78. The van der Waals surface area contributed by atoms with E-state index in [4.69, 9.17) is 224 Å². The molecule has 0 aromatic carbocycles. The molecule has 0 fully saturated rings. The lowest BCUT2D eigenvalue weighted by molar-refractivity contribution is -0.103. The van der Waals surface area contributed by atoms with Gasteiger partial charge in [-0.25, -0.2) is 0 Å². The Hall–Kier alpha value is -1.72. The fourth-order valence-electron chi connectivity index (χ4n) is 9.09. The molecule has 119 heavy (non-hydrogen) atoms. The number of hydrogen-bond acceptors (Lipinski definition) is 43. The fraction of sp³-hybridized carbons (Fsp3) is 1.00. The minimum atomic E-state index is -0.408. The van der Waals surface area contributed by atoms with Gasteiger partial charge in [0, 0.05) is 127 Å². The van der Waals surface area contributed by atoms with Crippen LogP contribution >= 0.6 is 0 Å². The molecule has 14 atom stereocenters. The summed E-state index contributed by atoms with van der Waals surface area (Å²) >= 11 is 0. The zero-order chi connectivity index (χ0) is 90.1. The molecule has 14 unspecified atom stereocenters. The van der Waals surface area contributed by atoms with Gasteiger partial charge in [-0.05, 0) is 55.4 Å². The summed E-state index contributed by atoms with van der Waals surface area (Å²) in [4.78, 5) is 0. The van der Waals surface area contributed by atoms with Gasteiger partial charge in [0.05, 0.1) is 275 Å². The van der Waals surface area contributed by atoms with E-state index in [2.05, 4.69) is 0 Å². The molecule has 0 aromatic heterocycles. The molecular weight excluding hydrogens is 1560 g/mol. The van der Waals surface area contributed by atoms with Gasteiger partial charge in [-0.15, -0.1) is 0 Å². The number of ether oxygens (including phenoxy) is 23. The van der Waals surface area contributed by atoms with Crippen molar-refractivity contribution in [2.45, 2.75) is 140 Å². The summed E-state index contributed by atoms with van der Waals surface area (Å²) in [6.45, 7) is 37.9. The van der Waals surface area contributed by atoms with E-state index in [1.54, 1.807) is 0 Å². The topological polar surface area (TPSA) is 733 Å². The average molecular weight is 1740 g/mol. The molecule has 0 aliphatic rings. The Morgan fingerprint density at radius 1 is 0.151 bits per heavy atom. The molecule has 0 aliphatic heterocycles. The molecule has 724 valence electrons. The van der Waals surface area contributed by atoms with Crippen LogP contribution < -0.4 is 115 Å². The van der Waals surface area contributed by atoms with Crippen LogP contribution in [-0.4, -0.2) is 428 Å². The predicted octanol–water partition coefficient (Wildman–Crippen LogP) is -8.22. The molecule has 0 aliphatic carbocycles. The maximum Gasteiger partial charge on any atom is 0.104 e. The molecule has 0 bridgehead atoms. The first-order valence-corrected chi connectivity index (χ1v) is 42.1. The van der Waals surface area contributed by atoms with Crippen LogP contribution in [0.25, 0.3) is 0 Å². The second-order valence-corrected chi connectivity index (χ2v) is 29.4. The minimum Gasteiger partial charge on any atom is -0.379 e. The molecule has 0 saturated heterocycles. The number of rotatable bonds is 86. The SMILES string of the molecule is CC(N)COCC(COCC(COCC(C)N)OCC(C)N)OCC(C)N.CC(N)COCC(COCC(COCC(C)N)OCC(C)N)OCC(C)N.NCCOCC(COCC(COCCN)OCCN)OCCN.NCCOCC(COCCN)(COCCN)COCCN.NCCOCC(COCCN)(COCCN)COCCN. The molecule has 0 rings (SSSR count). The van der Waals surface area contributed by atoms with Crippen LogP contribution in [0.2, 0.25) is 0 Å². The van der Waals surface area contributed by atoms with Crippen molar-refractivity contribution < 1.29 is 109 Å². The van der Waals surface area contributed by atoms with E-state index < -0.39 is 10.8 Å². The van der Waals surface area contributed by atoms with Crippen molar-refractivity contribution in [3.63, 3.8) is 0 Å². The van der Waals surface area contributed by atoms with Crippen LogP contribution in [0.3, 0.4) is 0 Å². The zero-order valence-electron chi connectivity index (χ0n) is 74.8. The highest BCUT2D eigenvalue weighted by molar-refractivity contribution is 4.81. The maximum atomic E-state index is 5.78. The van der Waals surface area contributed by atoms with E-state index >= 15 is 0 Å². The van der Waals surface area contributed by atoms with E-state index in [0.29, 0.717) is 343 Å². The van der Waals surface area contributed by atoms with Crippen molar-refractivity contribution in [2.75, 3.05) is 343 Å². The number of nitrogens with two attached hydrogens (primary N) is 20. The Bertz CT molecular complexity index is 1670. The minimum absolute atomic E-state index is 0.0295. The van der Waals surface area contributed by atoms with Crippen LogP contribution in [-0.2, 0) is 109 Å². The van der Waals surface area contributed by atoms with Gasteiger partial charge in [0.2, 0.25) is 0 Å². The third-order valence-corrected chi connectivity index (χ3v) is 14.4. The molecule has 0 aromatic rings. The van der Waals surface area contributed by atoms with Gasteiger partial charge in [-0.2, -0.15) is 0 Å². The third-order valence-electron chi connectivity index (χ3n) is 14.4. The van der Waals surface area contributed by atoms with E-state index in [1.807, 2.05) is 55.4 Å². The fourth-order valence-corrected chi connectivity index (χ4v) is 9.09. The van der Waals surface area contributed by atoms with Gasteiger partial charge in [-0.3, -0.25) is 0 Å². The van der Waals surface area contributed by atoms with Gasteiger partial charge in [0.1, 0.15) is 36.6 Å². The monoisotopic (exact) mass is 1740 g/mol. The molecular formula is C76H182N20O23. The quantitative estimate of drug-likeness (QED) is 0.0252. The molecule has 43 heteroatoms. The van der Waals surface area contributed by atoms with E-state index in [0.717, 1.165) is 0 Å². The van der Waals surface area contributed by atoms with Crippen molar-refractivity contribution in [1.82, 2.24) is 0 Å². The summed E-state index contributed by atoms with van der Waals surface area (Å²) in [6.07, 6.45) is -1.29. The summed E-state index contributed by atoms with van der Waals surface area (Å²) < 4.78 is 129. The largest absolute Gasteiger partial charge is 0.379 e. The van der Waals surface area contributed by atoms with Crippen LogP contribution in [0.15, 0.2) is 0 Å². The van der Waals surface area contributed by atoms with Crippen molar-refractivity contribution >= 4 is 0 Å². The lowest BCUT2D eigenvalue weighted by Crippen LogP contribution is -2.43. The van der Waals surface area contributed by atoms with Crippen molar-refractivity contribution in [3.05, 3.63) is 0 Å². The summed E-state index contributed by atoms with van der Waals surface area (Å²) in [6, 6.07) is -0.360. The second kappa shape index (κ2) is 95.4. The highest BCUT2D eigenvalue weighted by atomic mass is 16.6. The summed E-state index contributed by atoms with van der Waals surface area (Å²) in [5.41, 5.74) is 110. The lowest BCUT2D eigenvalue weighted by atomic mass is 9.92. The lowest BCUT2D eigenvalue weighted by Gasteiger charge is -2.33. The highest BCUT2D eigenvalue weighted by Gasteiger charge is 2.34. The first-order chi connectivity index (χ1) is 57.2. The normalized spacial score (nSPS) is 15.4. The summed E-state index contributed by atoms with van der Waals surface area (Å²) in [7, 11) is 0. The van der Waals surface area contributed by atoms with Crippen LogP contribution in [0, 0.1) is 10.8 Å². The van der Waals surface area contributed by atoms with Gasteiger partial charge >= 0.3 is 0 Å². The van der Waals surface area contributed by atoms with E-state index in [-0.39, 0.29) is 85.0 Å². The smallest absolute Gasteiger partial charge is 0.104 e. The van der Waals surface area contributed by atoms with Crippen molar-refractivity contribution in [2.24, 2.45) is 126 Å². The van der Waals surface area contributed by atoms with Crippen LogP contribution in [0.1, 0.15) is 55.4 Å². The number of hydrogen-bond donors (Lipinski definition) is 20.